The van der Waals surface area contributed by atoms with E-state index in [4.69, 9.17) is 0 Å². The Hall–Kier alpha value is -0.130. The van der Waals surface area contributed by atoms with Crippen molar-refractivity contribution < 1.29 is 13.5 Å². The molecular weight excluding hydrogens is 226 g/mol. The van der Waals surface area contributed by atoms with Crippen molar-refractivity contribution in [3.63, 3.8) is 0 Å². The van der Waals surface area contributed by atoms with Crippen LogP contribution in [0.15, 0.2) is 0 Å². The van der Waals surface area contributed by atoms with Crippen LogP contribution in [0.4, 0.5) is 0 Å². The molecule has 0 fully saturated rings. The Morgan fingerprint density at radius 2 is 1.88 bits per heavy atom. The standard InChI is InChI=1S/C11H25NO3S/c1-11(2,3)8-10(13)9-12-6-5-7-16(4,14)15/h10,12-13H,5-9H2,1-4H3. The lowest BCUT2D eigenvalue weighted by Crippen LogP contribution is -2.31. The Morgan fingerprint density at radius 1 is 1.31 bits per heavy atom. The molecule has 0 radical (unpaired) electrons. The fourth-order valence-electron chi connectivity index (χ4n) is 1.51. The van der Waals surface area contributed by atoms with Crippen molar-refractivity contribution in [2.45, 2.75) is 39.7 Å². The largest absolute Gasteiger partial charge is 0.392 e. The van der Waals surface area contributed by atoms with Gasteiger partial charge in [0.2, 0.25) is 0 Å². The average Bonchev–Trinajstić information content (AvgIpc) is 1.97. The molecule has 5 heteroatoms. The minimum atomic E-state index is -2.86. The van der Waals surface area contributed by atoms with Crippen LogP contribution in [0, 0.1) is 5.41 Å². The predicted molar refractivity (Wildman–Crippen MR) is 67.3 cm³/mol. The first-order chi connectivity index (χ1) is 7.10. The van der Waals surface area contributed by atoms with E-state index in [1.54, 1.807) is 0 Å². The van der Waals surface area contributed by atoms with E-state index in [-0.39, 0.29) is 17.3 Å². The summed E-state index contributed by atoms with van der Waals surface area (Å²) in [5, 5.41) is 12.7. The molecule has 0 saturated carbocycles. The van der Waals surface area contributed by atoms with E-state index in [1.165, 1.54) is 6.26 Å². The van der Waals surface area contributed by atoms with Crippen LogP contribution in [0.25, 0.3) is 0 Å². The van der Waals surface area contributed by atoms with Gasteiger partial charge in [-0.25, -0.2) is 8.42 Å². The molecule has 16 heavy (non-hydrogen) atoms. The molecule has 0 aliphatic carbocycles. The summed E-state index contributed by atoms with van der Waals surface area (Å²) >= 11 is 0. The minimum Gasteiger partial charge on any atom is -0.392 e. The molecule has 0 aromatic rings. The average molecular weight is 251 g/mol. The third kappa shape index (κ3) is 11.9. The highest BCUT2D eigenvalue weighted by molar-refractivity contribution is 7.90. The summed E-state index contributed by atoms with van der Waals surface area (Å²) in [6, 6.07) is 0. The van der Waals surface area contributed by atoms with Crippen molar-refractivity contribution in [3.05, 3.63) is 0 Å². The van der Waals surface area contributed by atoms with Crippen LogP contribution in [0.1, 0.15) is 33.6 Å². The zero-order valence-electron chi connectivity index (χ0n) is 10.8. The molecule has 1 unspecified atom stereocenters. The van der Waals surface area contributed by atoms with E-state index in [0.717, 1.165) is 6.42 Å². The normalized spacial score (nSPS) is 15.1. The summed E-state index contributed by atoms with van der Waals surface area (Å²) < 4.78 is 21.7. The quantitative estimate of drug-likeness (QED) is 0.657. The fourth-order valence-corrected chi connectivity index (χ4v) is 2.18. The van der Waals surface area contributed by atoms with Crippen molar-refractivity contribution in [3.8, 4) is 0 Å². The molecule has 0 rings (SSSR count). The molecule has 4 nitrogen and oxygen atoms in total. The summed E-state index contributed by atoms with van der Waals surface area (Å²) in [5.74, 6) is 0.204. The van der Waals surface area contributed by atoms with Crippen LogP contribution < -0.4 is 5.32 Å². The van der Waals surface area contributed by atoms with Gasteiger partial charge < -0.3 is 10.4 Å². The molecule has 0 aliphatic heterocycles. The number of aliphatic hydroxyl groups excluding tert-OH is 1. The SMILES string of the molecule is CC(C)(C)CC(O)CNCCCS(C)(=O)=O. The maximum atomic E-state index is 10.8. The van der Waals surface area contributed by atoms with Crippen molar-refractivity contribution in [1.29, 1.82) is 0 Å². The van der Waals surface area contributed by atoms with Crippen molar-refractivity contribution >= 4 is 9.84 Å². The number of rotatable bonds is 7. The molecule has 2 N–H and O–H groups in total. The number of aliphatic hydroxyl groups is 1. The van der Waals surface area contributed by atoms with Crippen LogP contribution in [0.3, 0.4) is 0 Å². The Morgan fingerprint density at radius 3 is 2.31 bits per heavy atom. The monoisotopic (exact) mass is 251 g/mol. The van der Waals surface area contributed by atoms with Gasteiger partial charge in [-0.3, -0.25) is 0 Å². The molecule has 1 atom stereocenters. The first-order valence-electron chi connectivity index (χ1n) is 5.67. The van der Waals surface area contributed by atoms with Gasteiger partial charge in [-0.15, -0.1) is 0 Å². The van der Waals surface area contributed by atoms with E-state index in [0.29, 0.717) is 19.5 Å². The predicted octanol–water partition coefficient (Wildman–Crippen LogP) is 0.808. The highest BCUT2D eigenvalue weighted by Gasteiger charge is 2.15. The summed E-state index contributed by atoms with van der Waals surface area (Å²) in [4.78, 5) is 0. The van der Waals surface area contributed by atoms with Gasteiger partial charge in [0.05, 0.1) is 11.9 Å². The van der Waals surface area contributed by atoms with Crippen LogP contribution in [0.2, 0.25) is 0 Å². The van der Waals surface area contributed by atoms with Gasteiger partial charge in [0, 0.05) is 12.8 Å². The lowest BCUT2D eigenvalue weighted by Gasteiger charge is -2.22. The van der Waals surface area contributed by atoms with Crippen LogP contribution in [-0.2, 0) is 9.84 Å². The Bertz CT molecular complexity index is 280. The summed E-state index contributed by atoms with van der Waals surface area (Å²) in [7, 11) is -2.86. The summed E-state index contributed by atoms with van der Waals surface area (Å²) in [6.45, 7) is 7.41. The summed E-state index contributed by atoms with van der Waals surface area (Å²) in [6.07, 6.45) is 2.22. The second-order valence-electron chi connectivity index (χ2n) is 5.61. The van der Waals surface area contributed by atoms with Gasteiger partial charge in [-0.2, -0.15) is 0 Å². The number of sulfone groups is 1. The first-order valence-corrected chi connectivity index (χ1v) is 7.73. The highest BCUT2D eigenvalue weighted by Crippen LogP contribution is 2.20. The van der Waals surface area contributed by atoms with Crippen LogP contribution in [-0.4, -0.2) is 44.7 Å². The van der Waals surface area contributed by atoms with Gasteiger partial charge in [0.15, 0.2) is 0 Å². The highest BCUT2D eigenvalue weighted by atomic mass is 32.2. The number of hydrogen-bond acceptors (Lipinski definition) is 4. The van der Waals surface area contributed by atoms with Crippen molar-refractivity contribution in [1.82, 2.24) is 5.32 Å². The lowest BCUT2D eigenvalue weighted by atomic mass is 9.89. The second-order valence-corrected chi connectivity index (χ2v) is 7.87. The smallest absolute Gasteiger partial charge is 0.147 e. The van der Waals surface area contributed by atoms with Crippen LogP contribution >= 0.6 is 0 Å². The van der Waals surface area contributed by atoms with Crippen molar-refractivity contribution in [2.24, 2.45) is 5.41 Å². The molecule has 0 bridgehead atoms. The van der Waals surface area contributed by atoms with Gasteiger partial charge in [0.25, 0.3) is 0 Å². The lowest BCUT2D eigenvalue weighted by molar-refractivity contribution is 0.120. The van der Waals surface area contributed by atoms with E-state index in [1.807, 2.05) is 0 Å². The fraction of sp³-hybridized carbons (Fsp3) is 1.00. The van der Waals surface area contributed by atoms with Gasteiger partial charge in [-0.05, 0) is 24.8 Å². The van der Waals surface area contributed by atoms with Gasteiger partial charge in [-0.1, -0.05) is 20.8 Å². The maximum absolute atomic E-state index is 10.8. The molecule has 0 aromatic heterocycles. The third-order valence-corrected chi connectivity index (χ3v) is 3.13. The third-order valence-electron chi connectivity index (χ3n) is 2.10. The second kappa shape index (κ2) is 6.57. The van der Waals surface area contributed by atoms with E-state index < -0.39 is 9.84 Å². The molecular formula is C11H25NO3S. The molecule has 0 aliphatic rings. The molecule has 0 amide bonds. The Kier molecular flexibility index (Phi) is 6.51. The van der Waals surface area contributed by atoms with Gasteiger partial charge in [0.1, 0.15) is 9.84 Å². The maximum Gasteiger partial charge on any atom is 0.147 e. The zero-order chi connectivity index (χ0) is 12.8. The minimum absolute atomic E-state index is 0.119. The van der Waals surface area contributed by atoms with Crippen molar-refractivity contribution in [2.75, 3.05) is 25.1 Å². The topological polar surface area (TPSA) is 66.4 Å². The molecule has 0 heterocycles. The Labute approximate surface area is 99.4 Å². The molecule has 0 spiro atoms. The molecule has 0 aromatic carbocycles. The Balaban J connectivity index is 3.53. The number of nitrogens with one attached hydrogen (secondary N) is 1. The first kappa shape index (κ1) is 15.9. The van der Waals surface area contributed by atoms with Gasteiger partial charge >= 0.3 is 0 Å². The zero-order valence-corrected chi connectivity index (χ0v) is 11.6. The molecule has 0 saturated heterocycles. The van der Waals surface area contributed by atoms with E-state index >= 15 is 0 Å². The van der Waals surface area contributed by atoms with E-state index in [2.05, 4.69) is 26.1 Å². The summed E-state index contributed by atoms with van der Waals surface area (Å²) in [5.41, 5.74) is 0.119. The number of hydrogen-bond donors (Lipinski definition) is 2. The van der Waals surface area contributed by atoms with E-state index in [9.17, 15) is 13.5 Å². The molecule has 98 valence electrons. The van der Waals surface area contributed by atoms with Crippen LogP contribution in [0.5, 0.6) is 0 Å².